The molecule has 0 saturated carbocycles. The van der Waals surface area contributed by atoms with Gasteiger partial charge < -0.3 is 19.7 Å². The van der Waals surface area contributed by atoms with Crippen molar-refractivity contribution in [1.29, 1.82) is 0 Å². The zero-order valence-corrected chi connectivity index (χ0v) is 11.4. The number of nitrogens with one attached hydrogen (secondary N) is 1. The molecule has 0 spiro atoms. The van der Waals surface area contributed by atoms with Crippen molar-refractivity contribution in [2.24, 2.45) is 5.92 Å². The second-order valence-corrected chi connectivity index (χ2v) is 4.94. The molecule has 1 saturated heterocycles. The van der Waals surface area contributed by atoms with E-state index in [1.807, 2.05) is 0 Å². The van der Waals surface area contributed by atoms with E-state index < -0.39 is 0 Å². The van der Waals surface area contributed by atoms with Gasteiger partial charge in [0, 0.05) is 26.8 Å². The topological polar surface area (TPSA) is 33.7 Å². The molecule has 0 aromatic carbocycles. The number of nitrogens with zero attached hydrogens (tertiary/aromatic N) is 1. The molecule has 1 aliphatic rings. The Bertz CT molecular complexity index is 173. The van der Waals surface area contributed by atoms with Crippen molar-refractivity contribution in [2.45, 2.75) is 19.3 Å². The molecule has 0 amide bonds. The molecule has 0 aliphatic carbocycles. The number of hydrogen-bond acceptors (Lipinski definition) is 4. The highest BCUT2D eigenvalue weighted by Crippen LogP contribution is 2.14. The second kappa shape index (κ2) is 9.83. The van der Waals surface area contributed by atoms with Crippen LogP contribution < -0.4 is 5.32 Å². The number of hydrogen-bond donors (Lipinski definition) is 1. The van der Waals surface area contributed by atoms with Gasteiger partial charge >= 0.3 is 0 Å². The summed E-state index contributed by atoms with van der Waals surface area (Å²) < 4.78 is 10.5. The summed E-state index contributed by atoms with van der Waals surface area (Å²) in [4.78, 5) is 2.43. The lowest BCUT2D eigenvalue weighted by molar-refractivity contribution is 0.0419. The molecule has 0 aromatic heterocycles. The SMILES string of the molecule is COCCNCCCN(C)CC1CCCOC1. The van der Waals surface area contributed by atoms with Crippen LogP contribution in [-0.2, 0) is 9.47 Å². The maximum Gasteiger partial charge on any atom is 0.0587 e. The average Bonchev–Trinajstić information content (AvgIpc) is 2.35. The molecule has 4 heteroatoms. The lowest BCUT2D eigenvalue weighted by Crippen LogP contribution is -2.32. The first-order valence-electron chi connectivity index (χ1n) is 6.79. The smallest absolute Gasteiger partial charge is 0.0587 e. The third kappa shape index (κ3) is 7.71. The molecular weight excluding hydrogens is 216 g/mol. The van der Waals surface area contributed by atoms with Gasteiger partial charge in [-0.15, -0.1) is 0 Å². The van der Waals surface area contributed by atoms with E-state index in [-0.39, 0.29) is 0 Å². The van der Waals surface area contributed by atoms with E-state index in [9.17, 15) is 0 Å². The fraction of sp³-hybridized carbons (Fsp3) is 1.00. The van der Waals surface area contributed by atoms with Crippen LogP contribution in [0.5, 0.6) is 0 Å². The fourth-order valence-electron chi connectivity index (χ4n) is 2.26. The molecule has 1 atom stereocenters. The van der Waals surface area contributed by atoms with Crippen molar-refractivity contribution >= 4 is 0 Å². The van der Waals surface area contributed by atoms with Crippen LogP contribution in [0.1, 0.15) is 19.3 Å². The molecule has 4 nitrogen and oxygen atoms in total. The molecule has 1 heterocycles. The van der Waals surface area contributed by atoms with E-state index in [0.29, 0.717) is 0 Å². The third-order valence-corrected chi connectivity index (χ3v) is 3.20. The molecule has 1 rings (SSSR count). The quantitative estimate of drug-likeness (QED) is 0.613. The molecule has 102 valence electrons. The molecular formula is C13H28N2O2. The van der Waals surface area contributed by atoms with Gasteiger partial charge in [-0.25, -0.2) is 0 Å². The maximum absolute atomic E-state index is 5.50. The summed E-state index contributed by atoms with van der Waals surface area (Å²) in [6.07, 6.45) is 3.77. The normalized spacial score (nSPS) is 21.0. The van der Waals surface area contributed by atoms with Crippen molar-refractivity contribution in [3.8, 4) is 0 Å². The summed E-state index contributed by atoms with van der Waals surface area (Å²) >= 11 is 0. The maximum atomic E-state index is 5.50. The Kier molecular flexibility index (Phi) is 8.61. The largest absolute Gasteiger partial charge is 0.383 e. The Morgan fingerprint density at radius 2 is 2.29 bits per heavy atom. The van der Waals surface area contributed by atoms with Crippen molar-refractivity contribution in [3.05, 3.63) is 0 Å². The van der Waals surface area contributed by atoms with Crippen LogP contribution in [0.2, 0.25) is 0 Å². The van der Waals surface area contributed by atoms with Crippen LogP contribution in [0.15, 0.2) is 0 Å². The molecule has 1 unspecified atom stereocenters. The van der Waals surface area contributed by atoms with E-state index >= 15 is 0 Å². The number of ether oxygens (including phenoxy) is 2. The molecule has 1 fully saturated rings. The Labute approximate surface area is 106 Å². The van der Waals surface area contributed by atoms with Crippen LogP contribution in [0.3, 0.4) is 0 Å². The van der Waals surface area contributed by atoms with Gasteiger partial charge in [-0.2, -0.15) is 0 Å². The standard InChI is InChI=1S/C13H28N2O2/c1-15(8-4-6-14-7-10-16-2)11-13-5-3-9-17-12-13/h13-14H,3-12H2,1-2H3. The Hall–Kier alpha value is -0.160. The van der Waals surface area contributed by atoms with Crippen molar-refractivity contribution in [1.82, 2.24) is 10.2 Å². The summed E-state index contributed by atoms with van der Waals surface area (Å²) in [6, 6.07) is 0. The Morgan fingerprint density at radius 3 is 3.00 bits per heavy atom. The van der Waals surface area contributed by atoms with Crippen LogP contribution in [0.25, 0.3) is 0 Å². The molecule has 0 radical (unpaired) electrons. The molecule has 1 N–H and O–H groups in total. The van der Waals surface area contributed by atoms with E-state index in [4.69, 9.17) is 9.47 Å². The van der Waals surface area contributed by atoms with Gasteiger partial charge in [0.15, 0.2) is 0 Å². The first-order valence-corrected chi connectivity index (χ1v) is 6.79. The van der Waals surface area contributed by atoms with Gasteiger partial charge in [-0.05, 0) is 45.3 Å². The van der Waals surface area contributed by atoms with Gasteiger partial charge in [0.05, 0.1) is 13.2 Å². The monoisotopic (exact) mass is 244 g/mol. The van der Waals surface area contributed by atoms with Gasteiger partial charge in [-0.3, -0.25) is 0 Å². The minimum atomic E-state index is 0.746. The Morgan fingerprint density at radius 1 is 1.41 bits per heavy atom. The van der Waals surface area contributed by atoms with E-state index in [0.717, 1.165) is 45.4 Å². The molecule has 17 heavy (non-hydrogen) atoms. The van der Waals surface area contributed by atoms with Crippen molar-refractivity contribution < 1.29 is 9.47 Å². The summed E-state index contributed by atoms with van der Waals surface area (Å²) in [5, 5.41) is 3.37. The van der Waals surface area contributed by atoms with Gasteiger partial charge in [0.2, 0.25) is 0 Å². The van der Waals surface area contributed by atoms with E-state index in [1.54, 1.807) is 7.11 Å². The average molecular weight is 244 g/mol. The summed E-state index contributed by atoms with van der Waals surface area (Å²) in [7, 11) is 3.95. The fourth-order valence-corrected chi connectivity index (χ4v) is 2.26. The first-order chi connectivity index (χ1) is 8.33. The molecule has 0 aromatic rings. The van der Waals surface area contributed by atoms with Crippen LogP contribution >= 0.6 is 0 Å². The molecule has 1 aliphatic heterocycles. The molecule has 0 bridgehead atoms. The third-order valence-electron chi connectivity index (χ3n) is 3.20. The highest BCUT2D eigenvalue weighted by molar-refractivity contribution is 4.67. The predicted octanol–water partition coefficient (Wildman–Crippen LogP) is 0.971. The number of methoxy groups -OCH3 is 1. The van der Waals surface area contributed by atoms with Crippen LogP contribution in [0, 0.1) is 5.92 Å². The van der Waals surface area contributed by atoms with E-state index in [1.165, 1.54) is 25.8 Å². The number of rotatable bonds is 9. The van der Waals surface area contributed by atoms with Crippen LogP contribution in [-0.4, -0.2) is 65.1 Å². The zero-order chi connectivity index (χ0) is 12.3. The minimum Gasteiger partial charge on any atom is -0.383 e. The summed E-state index contributed by atoms with van der Waals surface area (Å²) in [5.41, 5.74) is 0. The predicted molar refractivity (Wildman–Crippen MR) is 70.4 cm³/mol. The Balaban J connectivity index is 1.91. The zero-order valence-electron chi connectivity index (χ0n) is 11.4. The van der Waals surface area contributed by atoms with Gasteiger partial charge in [-0.1, -0.05) is 0 Å². The van der Waals surface area contributed by atoms with Gasteiger partial charge in [0.25, 0.3) is 0 Å². The summed E-state index contributed by atoms with van der Waals surface area (Å²) in [5.74, 6) is 0.746. The first kappa shape index (κ1) is 14.9. The van der Waals surface area contributed by atoms with Crippen LogP contribution in [0.4, 0.5) is 0 Å². The van der Waals surface area contributed by atoms with Gasteiger partial charge in [0.1, 0.15) is 0 Å². The van der Waals surface area contributed by atoms with Crippen molar-refractivity contribution in [2.75, 3.05) is 60.2 Å². The lowest BCUT2D eigenvalue weighted by atomic mass is 10.0. The second-order valence-electron chi connectivity index (χ2n) is 4.94. The van der Waals surface area contributed by atoms with Crippen molar-refractivity contribution in [3.63, 3.8) is 0 Å². The lowest BCUT2D eigenvalue weighted by Gasteiger charge is -2.27. The minimum absolute atomic E-state index is 0.746. The highest BCUT2D eigenvalue weighted by Gasteiger charge is 2.15. The van der Waals surface area contributed by atoms with E-state index in [2.05, 4.69) is 17.3 Å². The summed E-state index contributed by atoms with van der Waals surface area (Å²) in [6.45, 7) is 7.09. The highest BCUT2D eigenvalue weighted by atomic mass is 16.5.